The smallest absolute Gasteiger partial charge is 0.239 e. The number of anilines is 1. The van der Waals surface area contributed by atoms with E-state index in [0.717, 1.165) is 58.0 Å². The van der Waals surface area contributed by atoms with Crippen LogP contribution < -0.4 is 5.32 Å². The minimum absolute atomic E-state index is 0.0619. The molecule has 2 aliphatic rings. The second-order valence-corrected chi connectivity index (χ2v) is 8.43. The van der Waals surface area contributed by atoms with E-state index < -0.39 is 0 Å². The number of likely N-dealkylation sites (tertiary alicyclic amines) is 1. The number of hydrogen-bond acceptors (Lipinski definition) is 4. The maximum Gasteiger partial charge on any atom is 0.239 e. The van der Waals surface area contributed by atoms with Gasteiger partial charge in [-0.1, -0.05) is 30.7 Å². The Morgan fingerprint density at radius 1 is 1.11 bits per heavy atom. The van der Waals surface area contributed by atoms with Crippen LogP contribution in [-0.2, 0) is 9.59 Å². The first-order chi connectivity index (χ1) is 13.4. The summed E-state index contributed by atoms with van der Waals surface area (Å²) >= 11 is 6.10. The van der Waals surface area contributed by atoms with Crippen LogP contribution in [0, 0.1) is 5.92 Å². The van der Waals surface area contributed by atoms with Crippen LogP contribution >= 0.6 is 11.6 Å². The first kappa shape index (κ1) is 21.1. The first-order valence-electron chi connectivity index (χ1n) is 10.2. The monoisotopic (exact) mass is 406 g/mol. The van der Waals surface area contributed by atoms with Gasteiger partial charge in [-0.3, -0.25) is 19.4 Å². The number of rotatable bonds is 5. The Balaban J connectivity index is 1.43. The molecule has 0 saturated carbocycles. The number of halogens is 1. The molecule has 0 bridgehead atoms. The molecule has 2 amide bonds. The number of amides is 2. The Hall–Kier alpha value is -1.63. The Bertz CT molecular complexity index is 683. The fraction of sp³-hybridized carbons (Fsp3) is 0.619. The highest BCUT2D eigenvalue weighted by atomic mass is 35.5. The van der Waals surface area contributed by atoms with E-state index in [2.05, 4.69) is 22.0 Å². The zero-order chi connectivity index (χ0) is 20.1. The highest BCUT2D eigenvalue weighted by molar-refractivity contribution is 6.33. The molecular formula is C21H31ClN4O2. The quantitative estimate of drug-likeness (QED) is 0.816. The predicted octanol–water partition coefficient (Wildman–Crippen LogP) is 2.54. The van der Waals surface area contributed by atoms with Crippen molar-refractivity contribution in [2.45, 2.75) is 32.7 Å². The van der Waals surface area contributed by atoms with Gasteiger partial charge in [0.2, 0.25) is 11.8 Å². The van der Waals surface area contributed by atoms with E-state index in [1.54, 1.807) is 12.1 Å². The maximum atomic E-state index is 12.8. The molecule has 0 spiro atoms. The summed E-state index contributed by atoms with van der Waals surface area (Å²) in [7, 11) is 0. The number of piperazine rings is 1. The van der Waals surface area contributed by atoms with Crippen molar-refractivity contribution < 1.29 is 9.59 Å². The van der Waals surface area contributed by atoms with Crippen molar-refractivity contribution in [3.8, 4) is 0 Å². The zero-order valence-electron chi connectivity index (χ0n) is 16.9. The lowest BCUT2D eigenvalue weighted by atomic mass is 9.98. The summed E-state index contributed by atoms with van der Waals surface area (Å²) in [6, 6.07) is 7.16. The van der Waals surface area contributed by atoms with Gasteiger partial charge < -0.3 is 10.2 Å². The molecule has 7 heteroatoms. The number of carbonyl (C=O) groups is 2. The van der Waals surface area contributed by atoms with E-state index in [4.69, 9.17) is 11.6 Å². The Kier molecular flexibility index (Phi) is 7.32. The van der Waals surface area contributed by atoms with Crippen molar-refractivity contribution >= 4 is 29.1 Å². The van der Waals surface area contributed by atoms with Gasteiger partial charge in [-0.15, -0.1) is 0 Å². The largest absolute Gasteiger partial charge is 0.341 e. The summed E-state index contributed by atoms with van der Waals surface area (Å²) in [6.45, 7) is 9.54. The normalized spacial score (nSPS) is 20.8. The van der Waals surface area contributed by atoms with Gasteiger partial charge in [-0.2, -0.15) is 0 Å². The van der Waals surface area contributed by atoms with Crippen LogP contribution in [0.5, 0.6) is 0 Å². The molecule has 0 aliphatic carbocycles. The van der Waals surface area contributed by atoms with Crippen LogP contribution in [0.25, 0.3) is 0 Å². The van der Waals surface area contributed by atoms with Gasteiger partial charge in [-0.25, -0.2) is 0 Å². The number of para-hydroxylation sites is 1. The van der Waals surface area contributed by atoms with E-state index in [0.29, 0.717) is 17.3 Å². The minimum atomic E-state index is -0.0903. The van der Waals surface area contributed by atoms with E-state index in [-0.39, 0.29) is 17.9 Å². The van der Waals surface area contributed by atoms with Gasteiger partial charge in [0.05, 0.1) is 23.3 Å². The van der Waals surface area contributed by atoms with Crippen LogP contribution in [-0.4, -0.2) is 78.4 Å². The zero-order valence-corrected chi connectivity index (χ0v) is 17.6. The molecule has 2 fully saturated rings. The Labute approximate surface area is 172 Å². The van der Waals surface area contributed by atoms with Crippen LogP contribution in [0.4, 0.5) is 5.69 Å². The molecule has 2 saturated heterocycles. The highest BCUT2D eigenvalue weighted by Crippen LogP contribution is 2.21. The summed E-state index contributed by atoms with van der Waals surface area (Å²) in [5.74, 6) is 0.907. The molecule has 6 nitrogen and oxygen atoms in total. The maximum absolute atomic E-state index is 12.8. The lowest BCUT2D eigenvalue weighted by Gasteiger charge is -2.40. The van der Waals surface area contributed by atoms with Gasteiger partial charge in [0.15, 0.2) is 0 Å². The summed E-state index contributed by atoms with van der Waals surface area (Å²) in [6.07, 6.45) is 2.21. The molecule has 1 atom stereocenters. The highest BCUT2D eigenvalue weighted by Gasteiger charge is 2.30. The van der Waals surface area contributed by atoms with Crippen molar-refractivity contribution in [1.82, 2.24) is 14.7 Å². The lowest BCUT2D eigenvalue weighted by molar-refractivity contribution is -0.138. The number of piperidine rings is 1. The summed E-state index contributed by atoms with van der Waals surface area (Å²) in [5, 5.41) is 3.41. The fourth-order valence-corrected chi connectivity index (χ4v) is 4.10. The van der Waals surface area contributed by atoms with Crippen molar-refractivity contribution in [2.75, 3.05) is 51.1 Å². The van der Waals surface area contributed by atoms with Crippen molar-refractivity contribution in [3.63, 3.8) is 0 Å². The van der Waals surface area contributed by atoms with Gasteiger partial charge >= 0.3 is 0 Å². The van der Waals surface area contributed by atoms with Gasteiger partial charge in [0.1, 0.15) is 0 Å². The number of carbonyl (C=O) groups excluding carboxylic acids is 2. The summed E-state index contributed by atoms with van der Waals surface area (Å²) in [5.41, 5.74) is 0.642. The van der Waals surface area contributed by atoms with E-state index in [1.807, 2.05) is 24.0 Å². The van der Waals surface area contributed by atoms with Crippen LogP contribution in [0.1, 0.15) is 26.7 Å². The molecule has 1 aromatic rings. The summed E-state index contributed by atoms with van der Waals surface area (Å²) in [4.78, 5) is 31.5. The van der Waals surface area contributed by atoms with E-state index in [1.165, 1.54) is 0 Å². The minimum Gasteiger partial charge on any atom is -0.341 e. The topological polar surface area (TPSA) is 55.9 Å². The molecule has 1 aromatic carbocycles. The second kappa shape index (κ2) is 9.72. The number of hydrogen-bond donors (Lipinski definition) is 1. The third-order valence-electron chi connectivity index (χ3n) is 5.92. The molecule has 1 N–H and O–H groups in total. The van der Waals surface area contributed by atoms with Gasteiger partial charge in [0, 0.05) is 39.3 Å². The SMILES string of the molecule is CC1CCN(C(=O)[C@@H](C)N2CCN(CC(=O)Nc3ccccc3Cl)CC2)CC1. The molecule has 3 rings (SSSR count). The molecular weight excluding hydrogens is 376 g/mol. The number of nitrogens with one attached hydrogen (secondary N) is 1. The third-order valence-corrected chi connectivity index (χ3v) is 6.25. The van der Waals surface area contributed by atoms with Gasteiger partial charge in [-0.05, 0) is 37.8 Å². The Morgan fingerprint density at radius 2 is 1.75 bits per heavy atom. The molecule has 154 valence electrons. The fourth-order valence-electron chi connectivity index (χ4n) is 3.91. The van der Waals surface area contributed by atoms with Crippen LogP contribution in [0.2, 0.25) is 5.02 Å². The third kappa shape index (κ3) is 5.46. The predicted molar refractivity (Wildman–Crippen MR) is 113 cm³/mol. The Morgan fingerprint density at radius 3 is 2.39 bits per heavy atom. The van der Waals surface area contributed by atoms with E-state index >= 15 is 0 Å². The van der Waals surface area contributed by atoms with Crippen molar-refractivity contribution in [2.24, 2.45) is 5.92 Å². The molecule has 0 radical (unpaired) electrons. The average Bonchev–Trinajstić information content (AvgIpc) is 2.70. The standard InChI is InChI=1S/C21H31ClN4O2/c1-16-7-9-26(10-8-16)21(28)17(2)25-13-11-24(12-14-25)15-20(27)23-19-6-4-3-5-18(19)22/h3-6,16-17H,7-15H2,1-2H3,(H,23,27)/t17-/m1/s1. The second-order valence-electron chi connectivity index (χ2n) is 8.02. The summed E-state index contributed by atoms with van der Waals surface area (Å²) < 4.78 is 0. The number of nitrogens with zero attached hydrogens (tertiary/aromatic N) is 3. The van der Waals surface area contributed by atoms with Crippen LogP contribution in [0.3, 0.4) is 0 Å². The van der Waals surface area contributed by atoms with E-state index in [9.17, 15) is 9.59 Å². The lowest BCUT2D eigenvalue weighted by Crippen LogP contribution is -2.56. The molecule has 28 heavy (non-hydrogen) atoms. The molecule has 0 unspecified atom stereocenters. The molecule has 2 heterocycles. The molecule has 2 aliphatic heterocycles. The van der Waals surface area contributed by atoms with Crippen molar-refractivity contribution in [3.05, 3.63) is 29.3 Å². The molecule has 0 aromatic heterocycles. The first-order valence-corrected chi connectivity index (χ1v) is 10.6. The average molecular weight is 407 g/mol. The number of benzene rings is 1. The van der Waals surface area contributed by atoms with Gasteiger partial charge in [0.25, 0.3) is 0 Å². The van der Waals surface area contributed by atoms with Crippen LogP contribution in [0.15, 0.2) is 24.3 Å². The van der Waals surface area contributed by atoms with Crippen molar-refractivity contribution in [1.29, 1.82) is 0 Å².